The number of nitrogens with zero attached hydrogens (tertiary/aromatic N) is 2. The van der Waals surface area contributed by atoms with E-state index in [1.807, 2.05) is 0 Å². The quantitative estimate of drug-likeness (QED) is 0.803. The van der Waals surface area contributed by atoms with Crippen LogP contribution < -0.4 is 5.32 Å². The molecule has 0 bridgehead atoms. The molecule has 0 spiro atoms. The van der Waals surface area contributed by atoms with Crippen molar-refractivity contribution in [3.05, 3.63) is 17.5 Å². The van der Waals surface area contributed by atoms with Crippen LogP contribution in [0.5, 0.6) is 0 Å². The van der Waals surface area contributed by atoms with Gasteiger partial charge >= 0.3 is 0 Å². The normalized spacial score (nSPS) is 11.7. The number of nitrogens with one attached hydrogen (secondary N) is 1. The van der Waals surface area contributed by atoms with E-state index < -0.39 is 0 Å². The van der Waals surface area contributed by atoms with E-state index in [-0.39, 0.29) is 0 Å². The fourth-order valence-electron chi connectivity index (χ4n) is 1.70. The second-order valence-electron chi connectivity index (χ2n) is 5.38. The van der Waals surface area contributed by atoms with Crippen molar-refractivity contribution in [1.82, 2.24) is 15.1 Å². The maximum Gasteiger partial charge on any atom is 0.0638 e. The van der Waals surface area contributed by atoms with Crippen molar-refractivity contribution in [2.45, 2.75) is 47.7 Å². The molecule has 1 aromatic rings. The molecule has 1 aromatic heterocycles. The lowest BCUT2D eigenvalue weighted by atomic mass is 10.2. The van der Waals surface area contributed by atoms with Crippen LogP contribution in [0.1, 0.15) is 39.0 Å². The van der Waals surface area contributed by atoms with E-state index in [1.165, 1.54) is 5.56 Å². The Morgan fingerprint density at radius 2 is 1.94 bits per heavy atom. The highest BCUT2D eigenvalue weighted by Crippen LogP contribution is 2.07. The average Bonchev–Trinajstić information content (AvgIpc) is 2.45. The summed E-state index contributed by atoms with van der Waals surface area (Å²) in [4.78, 5) is 0. The van der Waals surface area contributed by atoms with E-state index in [1.54, 1.807) is 0 Å². The van der Waals surface area contributed by atoms with Gasteiger partial charge in [0, 0.05) is 24.8 Å². The Kier molecular flexibility index (Phi) is 5.00. The minimum absolute atomic E-state index is 0.649. The smallest absolute Gasteiger partial charge is 0.0638 e. The largest absolute Gasteiger partial charge is 0.312 e. The van der Waals surface area contributed by atoms with Crippen LogP contribution in [-0.2, 0) is 13.1 Å². The Bertz CT molecular complexity index is 313. The molecule has 16 heavy (non-hydrogen) atoms. The molecule has 0 aromatic carbocycles. The van der Waals surface area contributed by atoms with E-state index >= 15 is 0 Å². The van der Waals surface area contributed by atoms with Crippen LogP contribution in [0.2, 0.25) is 0 Å². The molecular weight excluding hydrogens is 198 g/mol. The van der Waals surface area contributed by atoms with E-state index in [9.17, 15) is 0 Å². The Hall–Kier alpha value is -0.830. The number of aryl methyl sites for hydroxylation is 1. The summed E-state index contributed by atoms with van der Waals surface area (Å²) in [6, 6.07) is 0. The van der Waals surface area contributed by atoms with Crippen LogP contribution in [0.15, 0.2) is 6.20 Å². The highest BCUT2D eigenvalue weighted by atomic mass is 15.3. The van der Waals surface area contributed by atoms with Crippen molar-refractivity contribution in [3.8, 4) is 0 Å². The summed E-state index contributed by atoms with van der Waals surface area (Å²) in [7, 11) is 0. The number of hydrogen-bond donors (Lipinski definition) is 1. The van der Waals surface area contributed by atoms with Crippen molar-refractivity contribution in [2.24, 2.45) is 11.8 Å². The standard InChI is InChI=1S/C13H25N3/c1-10(2)6-14-7-13-9-16(8-11(3)4)15-12(13)5/h9-11,14H,6-8H2,1-5H3. The predicted octanol–water partition coefficient (Wildman–Crippen LogP) is 2.59. The second kappa shape index (κ2) is 6.04. The monoisotopic (exact) mass is 223 g/mol. The van der Waals surface area contributed by atoms with Gasteiger partial charge in [-0.1, -0.05) is 27.7 Å². The predicted molar refractivity (Wildman–Crippen MR) is 68.3 cm³/mol. The van der Waals surface area contributed by atoms with E-state index in [0.29, 0.717) is 11.8 Å². The van der Waals surface area contributed by atoms with Gasteiger partial charge < -0.3 is 5.32 Å². The number of aromatic nitrogens is 2. The maximum absolute atomic E-state index is 4.53. The molecule has 0 fully saturated rings. The first kappa shape index (κ1) is 13.2. The fourth-order valence-corrected chi connectivity index (χ4v) is 1.70. The highest BCUT2D eigenvalue weighted by molar-refractivity contribution is 5.15. The van der Waals surface area contributed by atoms with Gasteiger partial charge in [-0.05, 0) is 25.3 Å². The van der Waals surface area contributed by atoms with Crippen LogP contribution in [-0.4, -0.2) is 16.3 Å². The molecule has 0 aliphatic rings. The molecular formula is C13H25N3. The third-order valence-corrected chi connectivity index (χ3v) is 2.47. The van der Waals surface area contributed by atoms with Crippen molar-refractivity contribution < 1.29 is 0 Å². The molecule has 3 nitrogen and oxygen atoms in total. The second-order valence-corrected chi connectivity index (χ2v) is 5.38. The minimum atomic E-state index is 0.649. The lowest BCUT2D eigenvalue weighted by molar-refractivity contribution is 0.481. The van der Waals surface area contributed by atoms with Crippen molar-refractivity contribution in [3.63, 3.8) is 0 Å². The highest BCUT2D eigenvalue weighted by Gasteiger charge is 2.05. The Morgan fingerprint density at radius 3 is 2.50 bits per heavy atom. The number of rotatable bonds is 6. The molecule has 1 N–H and O–H groups in total. The Labute approximate surface area is 99.2 Å². The van der Waals surface area contributed by atoms with Crippen LogP contribution in [0, 0.1) is 18.8 Å². The Morgan fingerprint density at radius 1 is 1.25 bits per heavy atom. The lowest BCUT2D eigenvalue weighted by Gasteiger charge is -2.06. The van der Waals surface area contributed by atoms with Crippen molar-refractivity contribution in [2.75, 3.05) is 6.54 Å². The lowest BCUT2D eigenvalue weighted by Crippen LogP contribution is -2.19. The molecule has 1 heterocycles. The van der Waals surface area contributed by atoms with Gasteiger partial charge in [-0.3, -0.25) is 4.68 Å². The SMILES string of the molecule is Cc1nn(CC(C)C)cc1CNCC(C)C. The summed E-state index contributed by atoms with van der Waals surface area (Å²) in [6.45, 7) is 14.0. The van der Waals surface area contributed by atoms with Gasteiger partial charge in [-0.15, -0.1) is 0 Å². The van der Waals surface area contributed by atoms with Gasteiger partial charge in [-0.25, -0.2) is 0 Å². The minimum Gasteiger partial charge on any atom is -0.312 e. The van der Waals surface area contributed by atoms with Gasteiger partial charge in [0.1, 0.15) is 0 Å². The van der Waals surface area contributed by atoms with Gasteiger partial charge in [0.2, 0.25) is 0 Å². The third kappa shape index (κ3) is 4.35. The Balaban J connectivity index is 2.50. The van der Waals surface area contributed by atoms with Gasteiger partial charge in [0.15, 0.2) is 0 Å². The molecule has 0 unspecified atom stereocenters. The van der Waals surface area contributed by atoms with E-state index in [0.717, 1.165) is 25.3 Å². The van der Waals surface area contributed by atoms with Crippen molar-refractivity contribution in [1.29, 1.82) is 0 Å². The van der Waals surface area contributed by atoms with E-state index in [4.69, 9.17) is 0 Å². The molecule has 0 atom stereocenters. The van der Waals surface area contributed by atoms with E-state index in [2.05, 4.69) is 55.9 Å². The molecule has 0 aliphatic heterocycles. The molecule has 0 amide bonds. The summed E-state index contributed by atoms with van der Waals surface area (Å²) < 4.78 is 2.06. The summed E-state index contributed by atoms with van der Waals surface area (Å²) in [5.41, 5.74) is 2.47. The fraction of sp³-hybridized carbons (Fsp3) is 0.769. The molecule has 0 aliphatic carbocycles. The van der Waals surface area contributed by atoms with Crippen molar-refractivity contribution >= 4 is 0 Å². The third-order valence-electron chi connectivity index (χ3n) is 2.47. The molecule has 1 rings (SSSR count). The average molecular weight is 223 g/mol. The molecule has 3 heteroatoms. The molecule has 92 valence electrons. The van der Waals surface area contributed by atoms with Gasteiger partial charge in [0.05, 0.1) is 5.69 Å². The molecule has 0 saturated carbocycles. The van der Waals surface area contributed by atoms with Gasteiger partial charge in [-0.2, -0.15) is 5.10 Å². The zero-order chi connectivity index (χ0) is 12.1. The first-order chi connectivity index (χ1) is 7.49. The van der Waals surface area contributed by atoms with Crippen LogP contribution >= 0.6 is 0 Å². The number of hydrogen-bond acceptors (Lipinski definition) is 2. The van der Waals surface area contributed by atoms with Crippen LogP contribution in [0.25, 0.3) is 0 Å². The summed E-state index contributed by atoms with van der Waals surface area (Å²) in [5.74, 6) is 1.35. The van der Waals surface area contributed by atoms with Gasteiger partial charge in [0.25, 0.3) is 0 Å². The molecule has 0 radical (unpaired) electrons. The summed E-state index contributed by atoms with van der Waals surface area (Å²) >= 11 is 0. The van der Waals surface area contributed by atoms with Crippen LogP contribution in [0.3, 0.4) is 0 Å². The topological polar surface area (TPSA) is 29.9 Å². The summed E-state index contributed by atoms with van der Waals surface area (Å²) in [6.07, 6.45) is 2.17. The molecule has 0 saturated heterocycles. The zero-order valence-corrected chi connectivity index (χ0v) is 11.2. The first-order valence-electron chi connectivity index (χ1n) is 6.22. The van der Waals surface area contributed by atoms with Crippen LogP contribution in [0.4, 0.5) is 0 Å². The summed E-state index contributed by atoms with van der Waals surface area (Å²) in [5, 5.41) is 7.98. The maximum atomic E-state index is 4.53. The zero-order valence-electron chi connectivity index (χ0n) is 11.2. The first-order valence-corrected chi connectivity index (χ1v) is 6.22.